The zero-order chi connectivity index (χ0) is 22.3. The van der Waals surface area contributed by atoms with Gasteiger partial charge in [0.1, 0.15) is 36.6 Å². The zero-order valence-corrected chi connectivity index (χ0v) is 17.3. The van der Waals surface area contributed by atoms with Crippen LogP contribution in [0.4, 0.5) is 0 Å². The zero-order valence-electron chi connectivity index (χ0n) is 13.7. The van der Waals surface area contributed by atoms with Gasteiger partial charge in [-0.2, -0.15) is 0 Å². The molecule has 1 fully saturated rings. The molecular formula is C6H19NO18P4. The average Bonchev–Trinajstić information content (AvgIpc) is 2.39. The molecule has 0 aromatic rings. The van der Waals surface area contributed by atoms with Gasteiger partial charge in [0.05, 0.1) is 0 Å². The number of hydrogen-bond donors (Lipinski definition) is 11. The third kappa shape index (κ3) is 9.99. The minimum atomic E-state index is -5.67. The summed E-state index contributed by atoms with van der Waals surface area (Å²) in [4.78, 5) is 71.1. The first kappa shape index (κ1) is 29.3. The predicted octanol–water partition coefficient (Wildman–Crippen LogP) is -3.20. The summed E-state index contributed by atoms with van der Waals surface area (Å²) in [6.45, 7) is 0. The van der Waals surface area contributed by atoms with Crippen LogP contribution < -0.4 is 6.15 Å². The number of aliphatic hydroxyl groups is 2. The molecule has 29 heavy (non-hydrogen) atoms. The average molecular weight is 517 g/mol. The molecule has 1 aliphatic carbocycles. The fourth-order valence-corrected chi connectivity index (χ4v) is 4.51. The number of rotatable bonds is 8. The highest BCUT2D eigenvalue weighted by Crippen LogP contribution is 2.52. The fourth-order valence-electron chi connectivity index (χ4n) is 2.27. The Bertz CT molecular complexity index is 671. The Labute approximate surface area is 160 Å². The normalized spacial score (nSPS) is 31.9. The molecule has 1 aliphatic rings. The molecule has 0 spiro atoms. The van der Waals surface area contributed by atoms with E-state index in [0.29, 0.717) is 0 Å². The summed E-state index contributed by atoms with van der Waals surface area (Å²) in [5, 5.41) is 19.8. The van der Waals surface area contributed by atoms with Crippen LogP contribution in [0, 0.1) is 0 Å². The number of aliphatic hydroxyl groups excluding tert-OH is 2. The second kappa shape index (κ2) is 9.85. The summed E-state index contributed by atoms with van der Waals surface area (Å²) >= 11 is 0. The lowest BCUT2D eigenvalue weighted by Crippen LogP contribution is -2.65. The van der Waals surface area contributed by atoms with Crippen LogP contribution in [0.1, 0.15) is 0 Å². The molecule has 1 saturated carbocycles. The minimum Gasteiger partial charge on any atom is -0.387 e. The Morgan fingerprint density at radius 2 is 0.621 bits per heavy atom. The molecule has 0 radical (unpaired) electrons. The summed E-state index contributed by atoms with van der Waals surface area (Å²) in [5.41, 5.74) is 0. The van der Waals surface area contributed by atoms with Gasteiger partial charge < -0.3 is 55.5 Å². The Hall–Kier alpha value is 0.320. The molecule has 1 rings (SSSR count). The monoisotopic (exact) mass is 517 g/mol. The first-order chi connectivity index (χ1) is 12.2. The number of phosphoric acid groups is 4. The van der Waals surface area contributed by atoms with E-state index in [-0.39, 0.29) is 6.15 Å². The van der Waals surface area contributed by atoms with Crippen molar-refractivity contribution in [1.29, 1.82) is 0 Å². The molecule has 6 unspecified atom stereocenters. The summed E-state index contributed by atoms with van der Waals surface area (Å²) in [5.74, 6) is 0. The Kier molecular flexibility index (Phi) is 9.96. The van der Waals surface area contributed by atoms with E-state index in [1.54, 1.807) is 0 Å². The Balaban J connectivity index is 0.00000784. The summed E-state index contributed by atoms with van der Waals surface area (Å²) < 4.78 is 60.6. The molecule has 0 aromatic carbocycles. The highest BCUT2D eigenvalue weighted by Gasteiger charge is 2.58. The van der Waals surface area contributed by atoms with Gasteiger partial charge in [-0.15, -0.1) is 0 Å². The molecule has 0 heterocycles. The van der Waals surface area contributed by atoms with E-state index >= 15 is 0 Å². The molecule has 0 aromatic heterocycles. The second-order valence-electron chi connectivity index (χ2n) is 5.22. The van der Waals surface area contributed by atoms with Gasteiger partial charge in [-0.3, -0.25) is 18.1 Å². The summed E-state index contributed by atoms with van der Waals surface area (Å²) in [6, 6.07) is 0. The van der Waals surface area contributed by atoms with E-state index in [2.05, 4.69) is 18.1 Å². The maximum Gasteiger partial charge on any atom is 0.470 e. The van der Waals surface area contributed by atoms with E-state index in [1.165, 1.54) is 0 Å². The van der Waals surface area contributed by atoms with Gasteiger partial charge in [0.15, 0.2) is 0 Å². The smallest absolute Gasteiger partial charge is 0.387 e. The van der Waals surface area contributed by atoms with E-state index < -0.39 is 67.9 Å². The standard InChI is InChI=1S/C6H16O18P4.H3N/c7-1-2(8)4(22-26(12,13)14)6(24-28(18,19)20)5(23-27(15,16)17)3(1)21-25(9,10)11;/h1-8H,(H2,9,10,11)(H2,12,13,14)(H2,15,16,17)(H2,18,19,20);1H3. The van der Waals surface area contributed by atoms with Crippen molar-refractivity contribution in [1.82, 2.24) is 6.15 Å². The van der Waals surface area contributed by atoms with Crippen LogP contribution in [0.3, 0.4) is 0 Å². The number of hydrogen-bond acceptors (Lipinski definition) is 11. The first-order valence-corrected chi connectivity index (χ1v) is 12.6. The van der Waals surface area contributed by atoms with Crippen LogP contribution in [-0.4, -0.2) is 86.0 Å². The van der Waals surface area contributed by atoms with Gasteiger partial charge in [-0.1, -0.05) is 0 Å². The van der Waals surface area contributed by atoms with Gasteiger partial charge in [0, 0.05) is 0 Å². The predicted molar refractivity (Wildman–Crippen MR) is 84.7 cm³/mol. The molecule has 6 atom stereocenters. The molecule has 0 saturated heterocycles. The van der Waals surface area contributed by atoms with Gasteiger partial charge in [-0.25, -0.2) is 18.3 Å². The molecule has 0 amide bonds. The lowest BCUT2D eigenvalue weighted by atomic mass is 9.85. The molecular weight excluding hydrogens is 498 g/mol. The van der Waals surface area contributed by atoms with Crippen molar-refractivity contribution >= 4 is 31.3 Å². The molecule has 0 aliphatic heterocycles. The molecule has 23 heteroatoms. The van der Waals surface area contributed by atoms with Crippen molar-refractivity contribution in [3.05, 3.63) is 0 Å². The van der Waals surface area contributed by atoms with Crippen molar-refractivity contribution in [2.45, 2.75) is 36.6 Å². The van der Waals surface area contributed by atoms with Gasteiger partial charge in [-0.05, 0) is 0 Å². The fraction of sp³-hybridized carbons (Fsp3) is 1.00. The van der Waals surface area contributed by atoms with Crippen molar-refractivity contribution in [2.24, 2.45) is 0 Å². The van der Waals surface area contributed by atoms with E-state index in [0.717, 1.165) is 0 Å². The lowest BCUT2D eigenvalue weighted by Gasteiger charge is -2.45. The summed E-state index contributed by atoms with van der Waals surface area (Å²) in [6.07, 6.45) is -15.9. The largest absolute Gasteiger partial charge is 0.470 e. The van der Waals surface area contributed by atoms with Crippen molar-refractivity contribution in [3.8, 4) is 0 Å². The summed E-state index contributed by atoms with van der Waals surface area (Å²) in [7, 11) is -22.5. The molecule has 19 nitrogen and oxygen atoms in total. The van der Waals surface area contributed by atoms with Crippen LogP contribution in [0.15, 0.2) is 0 Å². The van der Waals surface area contributed by atoms with E-state index in [4.69, 9.17) is 39.1 Å². The third-order valence-electron chi connectivity index (χ3n) is 3.03. The van der Waals surface area contributed by atoms with Crippen LogP contribution in [-0.2, 0) is 36.4 Å². The number of phosphoric ester groups is 4. The van der Waals surface area contributed by atoms with Crippen molar-refractivity contribution in [2.75, 3.05) is 0 Å². The van der Waals surface area contributed by atoms with Crippen LogP contribution in [0.2, 0.25) is 0 Å². The first-order valence-electron chi connectivity index (χ1n) is 6.52. The highest BCUT2D eigenvalue weighted by atomic mass is 31.2. The highest BCUT2D eigenvalue weighted by molar-refractivity contribution is 7.47. The van der Waals surface area contributed by atoms with E-state index in [1.807, 2.05) is 0 Å². The topological polar surface area (TPSA) is 342 Å². The SMILES string of the molecule is N.O=P(O)(O)OC1C(O)C(O)C(OP(=O)(O)O)C(OP(=O)(O)O)C1OP(=O)(O)O. The third-order valence-corrected chi connectivity index (χ3v) is 5.10. The molecule has 176 valence electrons. The van der Waals surface area contributed by atoms with E-state index in [9.17, 15) is 28.5 Å². The Morgan fingerprint density at radius 3 is 0.793 bits per heavy atom. The van der Waals surface area contributed by atoms with Crippen LogP contribution in [0.5, 0.6) is 0 Å². The maximum atomic E-state index is 11.1. The van der Waals surface area contributed by atoms with Crippen molar-refractivity contribution in [3.63, 3.8) is 0 Å². The molecule has 13 N–H and O–H groups in total. The van der Waals surface area contributed by atoms with Gasteiger partial charge in [0.25, 0.3) is 0 Å². The quantitative estimate of drug-likeness (QED) is 0.141. The van der Waals surface area contributed by atoms with Crippen LogP contribution >= 0.6 is 31.3 Å². The Morgan fingerprint density at radius 1 is 0.448 bits per heavy atom. The van der Waals surface area contributed by atoms with Gasteiger partial charge >= 0.3 is 31.3 Å². The second-order valence-corrected chi connectivity index (χ2v) is 9.99. The minimum absolute atomic E-state index is 0. The molecule has 0 bridgehead atoms. The lowest BCUT2D eigenvalue weighted by molar-refractivity contribution is -0.209. The van der Waals surface area contributed by atoms with Crippen molar-refractivity contribution < 1.29 is 85.7 Å². The van der Waals surface area contributed by atoms with Crippen LogP contribution in [0.25, 0.3) is 0 Å². The van der Waals surface area contributed by atoms with Gasteiger partial charge in [0.2, 0.25) is 0 Å². The maximum absolute atomic E-state index is 11.1.